The van der Waals surface area contributed by atoms with Crippen molar-refractivity contribution >= 4 is 0 Å². The maximum atomic E-state index is 14.0. The van der Waals surface area contributed by atoms with E-state index in [0.29, 0.717) is 30.0 Å². The van der Waals surface area contributed by atoms with E-state index in [0.717, 1.165) is 18.2 Å². The Balaban J connectivity index is 1.36. The van der Waals surface area contributed by atoms with E-state index in [1.54, 1.807) is 12.1 Å². The standard InChI is InChI=1S/C19H14F4N2O4/c20-15-3-2-12(28-19(21,22)23)7-14(15)11-5-13(6-11)27-18-4-1-10(9-24-18)16-8-17(26)25-29-16/h1-4,7-9,11,13H,5-6H2,(H,25,26)/t11-,13+. The molecule has 0 saturated heterocycles. The van der Waals surface area contributed by atoms with Crippen LogP contribution in [0.4, 0.5) is 17.6 Å². The highest BCUT2D eigenvalue weighted by Crippen LogP contribution is 2.41. The fourth-order valence-corrected chi connectivity index (χ4v) is 3.12. The van der Waals surface area contributed by atoms with Crippen LogP contribution in [0.2, 0.25) is 0 Å². The summed E-state index contributed by atoms with van der Waals surface area (Å²) in [6, 6.07) is 7.62. The number of benzene rings is 1. The van der Waals surface area contributed by atoms with Crippen LogP contribution in [-0.2, 0) is 0 Å². The Morgan fingerprint density at radius 3 is 2.52 bits per heavy atom. The smallest absolute Gasteiger partial charge is 0.491 e. The maximum absolute atomic E-state index is 14.0. The Morgan fingerprint density at radius 1 is 1.10 bits per heavy atom. The van der Waals surface area contributed by atoms with Crippen LogP contribution in [0, 0.1) is 5.82 Å². The van der Waals surface area contributed by atoms with Crippen molar-refractivity contribution in [3.8, 4) is 28.8 Å². The first-order chi connectivity index (χ1) is 13.8. The first kappa shape index (κ1) is 19.0. The van der Waals surface area contributed by atoms with Crippen molar-refractivity contribution in [3.05, 3.63) is 54.0 Å². The Bertz CT molecular complexity index is 998. The lowest BCUT2D eigenvalue weighted by atomic mass is 9.77. The molecule has 0 bridgehead atoms. The van der Waals surface area contributed by atoms with E-state index in [1.807, 2.05) is 0 Å². The van der Waals surface area contributed by atoms with Crippen molar-refractivity contribution in [2.24, 2.45) is 0 Å². The van der Waals surface area contributed by atoms with Crippen LogP contribution in [0.3, 0.4) is 0 Å². The Morgan fingerprint density at radius 2 is 1.90 bits per heavy atom. The first-order valence-corrected chi connectivity index (χ1v) is 8.61. The van der Waals surface area contributed by atoms with Crippen molar-refractivity contribution in [2.75, 3.05) is 0 Å². The lowest BCUT2D eigenvalue weighted by Gasteiger charge is -2.35. The highest BCUT2D eigenvalue weighted by atomic mass is 19.4. The van der Waals surface area contributed by atoms with Crippen LogP contribution in [0.15, 0.2) is 47.1 Å². The van der Waals surface area contributed by atoms with Crippen molar-refractivity contribution in [1.29, 1.82) is 0 Å². The third-order valence-corrected chi connectivity index (χ3v) is 4.54. The predicted molar refractivity (Wildman–Crippen MR) is 90.9 cm³/mol. The molecular weight excluding hydrogens is 396 g/mol. The zero-order valence-electron chi connectivity index (χ0n) is 14.7. The summed E-state index contributed by atoms with van der Waals surface area (Å²) in [6.07, 6.45) is -2.71. The Kier molecular flexibility index (Phi) is 4.77. The number of rotatable bonds is 5. The number of hydrogen-bond donors (Lipinski definition) is 1. The van der Waals surface area contributed by atoms with Gasteiger partial charge in [-0.2, -0.15) is 0 Å². The van der Waals surface area contributed by atoms with Crippen LogP contribution in [0.1, 0.15) is 24.3 Å². The fourth-order valence-electron chi connectivity index (χ4n) is 3.12. The van der Waals surface area contributed by atoms with Crippen molar-refractivity contribution in [3.63, 3.8) is 0 Å². The van der Waals surface area contributed by atoms with Crippen molar-refractivity contribution in [2.45, 2.75) is 31.2 Å². The molecule has 0 atom stereocenters. The molecule has 6 nitrogen and oxygen atoms in total. The maximum Gasteiger partial charge on any atom is 0.573 e. The summed E-state index contributed by atoms with van der Waals surface area (Å²) in [5.74, 6) is -0.849. The second-order valence-corrected chi connectivity index (χ2v) is 6.57. The zero-order valence-corrected chi connectivity index (χ0v) is 14.7. The number of halogens is 4. The molecule has 1 aliphatic rings. The molecule has 1 saturated carbocycles. The second kappa shape index (κ2) is 7.26. The molecule has 0 spiro atoms. The number of pyridine rings is 1. The average Bonchev–Trinajstić information content (AvgIpc) is 3.05. The van der Waals surface area contributed by atoms with Gasteiger partial charge in [0.05, 0.1) is 0 Å². The summed E-state index contributed by atoms with van der Waals surface area (Å²) in [7, 11) is 0. The first-order valence-electron chi connectivity index (χ1n) is 8.61. The minimum Gasteiger partial charge on any atom is -0.491 e. The van der Waals surface area contributed by atoms with Gasteiger partial charge in [-0.1, -0.05) is 0 Å². The SMILES string of the molecule is Oc1cc(-c2ccc(O[C@H]3C[C@@H](c4cc(OC(F)(F)F)ccc4F)C3)nc2)on1. The summed E-state index contributed by atoms with van der Waals surface area (Å²) in [5.41, 5.74) is 0.764. The number of aromatic nitrogens is 2. The van der Waals surface area contributed by atoms with E-state index in [2.05, 4.69) is 14.9 Å². The summed E-state index contributed by atoms with van der Waals surface area (Å²) >= 11 is 0. The topological polar surface area (TPSA) is 77.6 Å². The molecule has 1 aliphatic carbocycles. The molecule has 1 aromatic carbocycles. The van der Waals surface area contributed by atoms with E-state index in [4.69, 9.17) is 9.26 Å². The molecule has 1 N–H and O–H groups in total. The third kappa shape index (κ3) is 4.41. The van der Waals surface area contributed by atoms with Crippen LogP contribution < -0.4 is 9.47 Å². The average molecular weight is 410 g/mol. The molecule has 3 aromatic rings. The van der Waals surface area contributed by atoms with Crippen molar-refractivity contribution < 1.29 is 36.7 Å². The molecule has 10 heteroatoms. The van der Waals surface area contributed by atoms with Gasteiger partial charge in [-0.05, 0) is 53.7 Å². The highest BCUT2D eigenvalue weighted by molar-refractivity contribution is 5.57. The van der Waals surface area contributed by atoms with Gasteiger partial charge in [-0.3, -0.25) is 0 Å². The number of alkyl halides is 3. The normalized spacial score (nSPS) is 18.9. The van der Waals surface area contributed by atoms with Gasteiger partial charge in [-0.25, -0.2) is 9.37 Å². The monoisotopic (exact) mass is 410 g/mol. The van der Waals surface area contributed by atoms with Crippen LogP contribution in [-0.4, -0.2) is 27.7 Å². The van der Waals surface area contributed by atoms with E-state index in [-0.39, 0.29) is 23.5 Å². The summed E-state index contributed by atoms with van der Waals surface area (Å²) in [5, 5.41) is 12.6. The minimum absolute atomic E-state index is 0.167. The predicted octanol–water partition coefficient (Wildman–Crippen LogP) is 4.80. The Labute approximate surface area is 161 Å². The molecule has 4 rings (SSSR count). The van der Waals surface area contributed by atoms with Gasteiger partial charge < -0.3 is 19.1 Å². The molecule has 0 aliphatic heterocycles. The van der Waals surface area contributed by atoms with E-state index >= 15 is 0 Å². The van der Waals surface area contributed by atoms with Crippen LogP contribution >= 0.6 is 0 Å². The number of hydrogen-bond acceptors (Lipinski definition) is 6. The van der Waals surface area contributed by atoms with Crippen molar-refractivity contribution in [1.82, 2.24) is 10.1 Å². The van der Waals surface area contributed by atoms with Crippen LogP contribution in [0.5, 0.6) is 17.5 Å². The number of ether oxygens (including phenoxy) is 2. The van der Waals surface area contributed by atoms with Gasteiger partial charge in [-0.15, -0.1) is 13.2 Å². The highest BCUT2D eigenvalue weighted by Gasteiger charge is 2.36. The van der Waals surface area contributed by atoms with Gasteiger partial charge in [0, 0.05) is 23.9 Å². The van der Waals surface area contributed by atoms with Gasteiger partial charge in [0.2, 0.25) is 5.88 Å². The van der Waals surface area contributed by atoms with Gasteiger partial charge >= 0.3 is 6.36 Å². The molecule has 0 amide bonds. The number of nitrogens with zero attached hydrogens (tertiary/aromatic N) is 2. The summed E-state index contributed by atoms with van der Waals surface area (Å²) < 4.78 is 65.5. The fraction of sp³-hybridized carbons (Fsp3) is 0.263. The van der Waals surface area contributed by atoms with E-state index in [1.165, 1.54) is 12.3 Å². The molecule has 0 radical (unpaired) electrons. The lowest BCUT2D eigenvalue weighted by Crippen LogP contribution is -2.33. The minimum atomic E-state index is -4.83. The molecular formula is C19H14F4N2O4. The second-order valence-electron chi connectivity index (χ2n) is 6.57. The largest absolute Gasteiger partial charge is 0.573 e. The molecule has 2 heterocycles. The molecule has 2 aromatic heterocycles. The Hall–Kier alpha value is -3.30. The van der Waals surface area contributed by atoms with E-state index in [9.17, 15) is 22.7 Å². The molecule has 29 heavy (non-hydrogen) atoms. The van der Waals surface area contributed by atoms with Gasteiger partial charge in [0.1, 0.15) is 17.7 Å². The third-order valence-electron chi connectivity index (χ3n) is 4.54. The lowest BCUT2D eigenvalue weighted by molar-refractivity contribution is -0.274. The van der Waals surface area contributed by atoms with E-state index < -0.39 is 17.9 Å². The summed E-state index contributed by atoms with van der Waals surface area (Å²) in [4.78, 5) is 4.15. The molecule has 152 valence electrons. The van der Waals surface area contributed by atoms with Gasteiger partial charge in [0.15, 0.2) is 5.76 Å². The number of aromatic hydroxyl groups is 1. The van der Waals surface area contributed by atoms with Gasteiger partial charge in [0.25, 0.3) is 5.88 Å². The molecule has 1 fully saturated rings. The summed E-state index contributed by atoms with van der Waals surface area (Å²) in [6.45, 7) is 0. The molecule has 0 unspecified atom stereocenters. The van der Waals surface area contributed by atoms with Crippen LogP contribution in [0.25, 0.3) is 11.3 Å². The quantitative estimate of drug-likeness (QED) is 0.609. The zero-order chi connectivity index (χ0) is 20.6.